The number of nitriles is 1. The van der Waals surface area contributed by atoms with E-state index < -0.39 is 11.9 Å². The second-order valence-electron chi connectivity index (χ2n) is 6.46. The largest absolute Gasteiger partial charge is 0.462 e. The van der Waals surface area contributed by atoms with Gasteiger partial charge in [0.05, 0.1) is 17.9 Å². The molecular weight excluding hydrogens is 366 g/mol. The molecule has 0 bridgehead atoms. The van der Waals surface area contributed by atoms with Gasteiger partial charge in [0.25, 0.3) is 5.91 Å². The summed E-state index contributed by atoms with van der Waals surface area (Å²) in [5, 5.41) is 15.0. The fourth-order valence-electron chi connectivity index (χ4n) is 2.54. The fraction of sp³-hybridized carbons (Fsp3) is 0.261. The van der Waals surface area contributed by atoms with Gasteiger partial charge in [-0.2, -0.15) is 5.26 Å². The van der Waals surface area contributed by atoms with E-state index in [0.29, 0.717) is 12.3 Å². The van der Waals surface area contributed by atoms with Crippen LogP contribution in [0.1, 0.15) is 48.7 Å². The molecule has 6 nitrogen and oxygen atoms in total. The maximum absolute atomic E-state index is 12.5. The number of carbonyl (C=O) groups is 2. The van der Waals surface area contributed by atoms with Gasteiger partial charge in [-0.3, -0.25) is 4.79 Å². The van der Waals surface area contributed by atoms with Crippen LogP contribution >= 0.6 is 0 Å². The number of nitrogens with one attached hydrogen (secondary N) is 2. The quantitative estimate of drug-likeness (QED) is 0.287. The van der Waals surface area contributed by atoms with Crippen molar-refractivity contribution in [2.45, 2.75) is 32.7 Å². The number of unbranched alkanes of at least 4 members (excludes halogenated alkanes) is 1. The lowest BCUT2D eigenvalue weighted by atomic mass is 10.1. The molecular formula is C23H25N3O3. The molecule has 0 heterocycles. The predicted molar refractivity (Wildman–Crippen MR) is 112 cm³/mol. The smallest absolute Gasteiger partial charge is 0.340 e. The first-order chi connectivity index (χ1) is 14.1. The van der Waals surface area contributed by atoms with Gasteiger partial charge in [-0.15, -0.1) is 0 Å². The average Bonchev–Trinajstić information content (AvgIpc) is 2.75. The number of benzene rings is 2. The van der Waals surface area contributed by atoms with Crippen LogP contribution in [0.25, 0.3) is 0 Å². The highest BCUT2D eigenvalue weighted by Gasteiger charge is 2.16. The molecule has 0 aliphatic heterocycles. The van der Waals surface area contributed by atoms with E-state index in [4.69, 9.17) is 4.74 Å². The number of hydrogen-bond acceptors (Lipinski definition) is 5. The Balaban J connectivity index is 2.08. The number of carbonyl (C=O) groups excluding carboxylic acids is 2. The molecule has 0 saturated heterocycles. The van der Waals surface area contributed by atoms with E-state index in [1.807, 2.05) is 50.2 Å². The van der Waals surface area contributed by atoms with E-state index in [2.05, 4.69) is 10.6 Å². The third-order valence-corrected chi connectivity index (χ3v) is 4.27. The van der Waals surface area contributed by atoms with Gasteiger partial charge < -0.3 is 15.4 Å². The molecule has 2 aromatic carbocycles. The molecule has 2 aromatic rings. The molecule has 1 unspecified atom stereocenters. The molecule has 0 saturated carbocycles. The monoisotopic (exact) mass is 391 g/mol. The Morgan fingerprint density at radius 3 is 2.52 bits per heavy atom. The maximum atomic E-state index is 12.5. The molecule has 150 valence electrons. The normalized spacial score (nSPS) is 11.8. The molecule has 0 radical (unpaired) electrons. The number of esters is 1. The van der Waals surface area contributed by atoms with Gasteiger partial charge in [-0.05, 0) is 31.0 Å². The van der Waals surface area contributed by atoms with Gasteiger partial charge >= 0.3 is 5.97 Å². The van der Waals surface area contributed by atoms with Crippen molar-refractivity contribution < 1.29 is 14.3 Å². The molecule has 0 spiro atoms. The zero-order valence-electron chi connectivity index (χ0n) is 16.6. The summed E-state index contributed by atoms with van der Waals surface area (Å²) in [6, 6.07) is 18.1. The van der Waals surface area contributed by atoms with Crippen molar-refractivity contribution in [2.24, 2.45) is 0 Å². The lowest BCUT2D eigenvalue weighted by Crippen LogP contribution is -2.20. The zero-order valence-corrected chi connectivity index (χ0v) is 16.6. The molecule has 0 aliphatic carbocycles. The number of nitrogens with zero attached hydrogens (tertiary/aromatic N) is 1. The summed E-state index contributed by atoms with van der Waals surface area (Å²) >= 11 is 0. The van der Waals surface area contributed by atoms with Crippen molar-refractivity contribution in [3.63, 3.8) is 0 Å². The summed E-state index contributed by atoms with van der Waals surface area (Å²) in [6.07, 6.45) is 3.07. The summed E-state index contributed by atoms with van der Waals surface area (Å²) in [5.74, 6) is -1.11. The van der Waals surface area contributed by atoms with Crippen molar-refractivity contribution in [1.29, 1.82) is 5.26 Å². The van der Waals surface area contributed by atoms with Gasteiger partial charge in [0.1, 0.15) is 11.6 Å². The third kappa shape index (κ3) is 6.51. The second-order valence-corrected chi connectivity index (χ2v) is 6.46. The molecule has 1 atom stereocenters. The average molecular weight is 391 g/mol. The molecule has 0 fully saturated rings. The fourth-order valence-corrected chi connectivity index (χ4v) is 2.54. The lowest BCUT2D eigenvalue weighted by Gasteiger charge is -2.13. The summed E-state index contributed by atoms with van der Waals surface area (Å²) in [4.78, 5) is 24.8. The van der Waals surface area contributed by atoms with Gasteiger partial charge in [0.15, 0.2) is 0 Å². The number of amides is 1. The van der Waals surface area contributed by atoms with E-state index in [1.54, 1.807) is 24.3 Å². The minimum absolute atomic E-state index is 0.0758. The Bertz CT molecular complexity index is 901. The first-order valence-electron chi connectivity index (χ1n) is 9.55. The molecule has 1 amide bonds. The van der Waals surface area contributed by atoms with Gasteiger partial charge in [-0.1, -0.05) is 55.8 Å². The Hall–Kier alpha value is -3.59. The van der Waals surface area contributed by atoms with Gasteiger partial charge in [0, 0.05) is 12.2 Å². The number of rotatable bonds is 9. The van der Waals surface area contributed by atoms with Crippen LogP contribution in [0.3, 0.4) is 0 Å². The zero-order chi connectivity index (χ0) is 21.1. The van der Waals surface area contributed by atoms with Crippen LogP contribution in [0.2, 0.25) is 0 Å². The van der Waals surface area contributed by atoms with Crippen LogP contribution in [0.5, 0.6) is 0 Å². The minimum atomic E-state index is -0.603. The van der Waals surface area contributed by atoms with Gasteiger partial charge in [-0.25, -0.2) is 4.79 Å². The van der Waals surface area contributed by atoms with Crippen molar-refractivity contribution in [3.8, 4) is 6.07 Å². The standard InChI is InChI=1S/C23H25N3O3/c1-3-4-14-29-23(28)20-12-8-9-13-21(20)26-22(27)19(15-24)16-25-17(2)18-10-6-5-7-11-18/h5-13,16-17,25H,3-4,14H2,1-2H3,(H,26,27)/b19-16-. The van der Waals surface area contributed by atoms with E-state index >= 15 is 0 Å². The highest BCUT2D eigenvalue weighted by molar-refractivity contribution is 6.09. The van der Waals surface area contributed by atoms with Crippen LogP contribution < -0.4 is 10.6 Å². The summed E-state index contributed by atoms with van der Waals surface area (Å²) < 4.78 is 5.22. The van der Waals surface area contributed by atoms with Crippen LogP contribution in [-0.2, 0) is 9.53 Å². The van der Waals surface area contributed by atoms with Crippen molar-refractivity contribution in [1.82, 2.24) is 5.32 Å². The van der Waals surface area contributed by atoms with E-state index in [1.165, 1.54) is 6.20 Å². The summed E-state index contributed by atoms with van der Waals surface area (Å²) in [5.41, 5.74) is 1.49. The van der Waals surface area contributed by atoms with Crippen molar-refractivity contribution >= 4 is 17.6 Å². The molecule has 2 N–H and O–H groups in total. The summed E-state index contributed by atoms with van der Waals surface area (Å²) in [6.45, 7) is 4.26. The molecule has 6 heteroatoms. The van der Waals surface area contributed by atoms with E-state index in [0.717, 1.165) is 18.4 Å². The molecule has 29 heavy (non-hydrogen) atoms. The number of para-hydroxylation sites is 1. The number of anilines is 1. The first kappa shape index (κ1) is 21.7. The topological polar surface area (TPSA) is 91.2 Å². The highest BCUT2D eigenvalue weighted by atomic mass is 16.5. The molecule has 0 aromatic heterocycles. The van der Waals surface area contributed by atoms with Crippen molar-refractivity contribution in [3.05, 3.63) is 77.5 Å². The maximum Gasteiger partial charge on any atom is 0.340 e. The van der Waals surface area contributed by atoms with E-state index in [9.17, 15) is 14.9 Å². The summed E-state index contributed by atoms with van der Waals surface area (Å²) in [7, 11) is 0. The Morgan fingerprint density at radius 1 is 1.14 bits per heavy atom. The van der Waals surface area contributed by atoms with Crippen molar-refractivity contribution in [2.75, 3.05) is 11.9 Å². The predicted octanol–water partition coefficient (Wildman–Crippen LogP) is 4.34. The SMILES string of the molecule is CCCCOC(=O)c1ccccc1NC(=O)/C(C#N)=C\NC(C)c1ccccc1. The first-order valence-corrected chi connectivity index (χ1v) is 9.55. The lowest BCUT2D eigenvalue weighted by molar-refractivity contribution is -0.112. The van der Waals surface area contributed by atoms with Crippen LogP contribution in [0.4, 0.5) is 5.69 Å². The van der Waals surface area contributed by atoms with Crippen LogP contribution in [0.15, 0.2) is 66.4 Å². The second kappa shape index (κ2) is 11.3. The highest BCUT2D eigenvalue weighted by Crippen LogP contribution is 2.18. The van der Waals surface area contributed by atoms with E-state index in [-0.39, 0.29) is 17.2 Å². The molecule has 2 rings (SSSR count). The molecule has 0 aliphatic rings. The van der Waals surface area contributed by atoms with Crippen LogP contribution in [-0.4, -0.2) is 18.5 Å². The van der Waals surface area contributed by atoms with Gasteiger partial charge in [0.2, 0.25) is 0 Å². The third-order valence-electron chi connectivity index (χ3n) is 4.27. The van der Waals surface area contributed by atoms with Crippen LogP contribution in [0, 0.1) is 11.3 Å². The Morgan fingerprint density at radius 2 is 1.83 bits per heavy atom. The minimum Gasteiger partial charge on any atom is -0.462 e. The Kier molecular flexibility index (Phi) is 8.46. The number of hydrogen-bond donors (Lipinski definition) is 2. The number of ether oxygens (including phenoxy) is 1. The Labute approximate surface area is 171 Å².